The van der Waals surface area contributed by atoms with Gasteiger partial charge in [-0.3, -0.25) is 0 Å². The maximum atomic E-state index is 4.67. The molecule has 20 heavy (non-hydrogen) atoms. The molecule has 3 rings (SSSR count). The average Bonchev–Trinajstić information content (AvgIpc) is 3.07. The Kier molecular flexibility index (Phi) is 4.37. The summed E-state index contributed by atoms with van der Waals surface area (Å²) in [6.45, 7) is 4.00. The van der Waals surface area contributed by atoms with Gasteiger partial charge in [-0.25, -0.2) is 15.0 Å². The highest BCUT2D eigenvalue weighted by Crippen LogP contribution is 2.29. The molecule has 0 unspecified atom stereocenters. The van der Waals surface area contributed by atoms with Crippen LogP contribution in [0, 0.1) is 0 Å². The van der Waals surface area contributed by atoms with E-state index in [9.17, 15) is 0 Å². The van der Waals surface area contributed by atoms with Gasteiger partial charge in [-0.1, -0.05) is 13.8 Å². The van der Waals surface area contributed by atoms with E-state index in [4.69, 9.17) is 0 Å². The van der Waals surface area contributed by atoms with E-state index in [2.05, 4.69) is 19.9 Å². The second-order valence-electron chi connectivity index (χ2n) is 4.97. The van der Waals surface area contributed by atoms with Gasteiger partial charge in [0, 0.05) is 38.6 Å². The van der Waals surface area contributed by atoms with Gasteiger partial charge < -0.3 is 9.47 Å². The number of imidazole rings is 1. The largest absolute Gasteiger partial charge is 0.362 e. The van der Waals surface area contributed by atoms with E-state index in [1.165, 1.54) is 17.7 Å². The van der Waals surface area contributed by atoms with E-state index in [0.717, 1.165) is 30.2 Å². The number of fused-ring (bicyclic) bond motifs is 1. The lowest BCUT2D eigenvalue weighted by atomic mass is 10.2. The SMILES string of the molecule is CC.CN(C)c1nc(-c2cn(C)cn2)nc2c1CCC2. The standard InChI is InChI=1S/C13H17N5.C2H6/c1-17(2)13-9-5-4-6-10(9)15-12(16-13)11-7-18(3)8-14-11;1-2/h7-8H,4-6H2,1-3H3;1-2H3. The van der Waals surface area contributed by atoms with Gasteiger partial charge in [0.05, 0.1) is 6.33 Å². The lowest BCUT2D eigenvalue weighted by molar-refractivity contribution is 0.898. The van der Waals surface area contributed by atoms with E-state index in [-0.39, 0.29) is 0 Å². The number of hydrogen-bond donors (Lipinski definition) is 0. The van der Waals surface area contributed by atoms with Crippen molar-refractivity contribution in [2.24, 2.45) is 7.05 Å². The van der Waals surface area contributed by atoms with E-state index in [0.29, 0.717) is 0 Å². The van der Waals surface area contributed by atoms with Gasteiger partial charge in [-0.05, 0) is 19.3 Å². The minimum absolute atomic E-state index is 0.736. The van der Waals surface area contributed by atoms with Crippen molar-refractivity contribution in [3.05, 3.63) is 23.8 Å². The van der Waals surface area contributed by atoms with Crippen LogP contribution in [-0.2, 0) is 19.9 Å². The fourth-order valence-electron chi connectivity index (χ4n) is 2.43. The molecule has 0 bridgehead atoms. The fourth-order valence-corrected chi connectivity index (χ4v) is 2.43. The van der Waals surface area contributed by atoms with Crippen LogP contribution in [0.15, 0.2) is 12.5 Å². The van der Waals surface area contributed by atoms with Crippen molar-refractivity contribution in [1.29, 1.82) is 0 Å². The molecule has 0 atom stereocenters. The summed E-state index contributed by atoms with van der Waals surface area (Å²) in [6, 6.07) is 0. The van der Waals surface area contributed by atoms with Gasteiger partial charge in [-0.15, -0.1) is 0 Å². The van der Waals surface area contributed by atoms with Gasteiger partial charge in [0.2, 0.25) is 0 Å². The zero-order valence-electron chi connectivity index (χ0n) is 13.0. The third kappa shape index (κ3) is 2.66. The molecule has 1 aliphatic carbocycles. The number of rotatable bonds is 2. The molecule has 5 heteroatoms. The summed E-state index contributed by atoms with van der Waals surface area (Å²) >= 11 is 0. The van der Waals surface area contributed by atoms with E-state index >= 15 is 0 Å². The van der Waals surface area contributed by atoms with Crippen molar-refractivity contribution < 1.29 is 0 Å². The maximum Gasteiger partial charge on any atom is 0.182 e. The Morgan fingerprint density at radius 2 is 1.90 bits per heavy atom. The number of aromatic nitrogens is 4. The smallest absolute Gasteiger partial charge is 0.182 e. The predicted octanol–water partition coefficient (Wildman–Crippen LogP) is 2.46. The van der Waals surface area contributed by atoms with Crippen LogP contribution in [0.4, 0.5) is 5.82 Å². The lowest BCUT2D eigenvalue weighted by Crippen LogP contribution is -2.15. The summed E-state index contributed by atoms with van der Waals surface area (Å²) in [5, 5.41) is 0. The molecule has 2 heterocycles. The molecule has 0 amide bonds. The molecule has 0 saturated heterocycles. The predicted molar refractivity (Wildman–Crippen MR) is 81.9 cm³/mol. The van der Waals surface area contributed by atoms with E-state index in [1.807, 2.05) is 45.8 Å². The molecule has 0 radical (unpaired) electrons. The minimum Gasteiger partial charge on any atom is -0.362 e. The molecule has 0 N–H and O–H groups in total. The Hall–Kier alpha value is -1.91. The van der Waals surface area contributed by atoms with Gasteiger partial charge in [-0.2, -0.15) is 0 Å². The summed E-state index contributed by atoms with van der Waals surface area (Å²) in [7, 11) is 6.02. The fraction of sp³-hybridized carbons (Fsp3) is 0.533. The molecule has 5 nitrogen and oxygen atoms in total. The Balaban J connectivity index is 0.000000704. The van der Waals surface area contributed by atoms with Crippen LogP contribution in [0.1, 0.15) is 31.5 Å². The van der Waals surface area contributed by atoms with Crippen LogP contribution in [0.3, 0.4) is 0 Å². The molecule has 108 valence electrons. The molecule has 0 aliphatic heterocycles. The summed E-state index contributed by atoms with van der Waals surface area (Å²) < 4.78 is 1.92. The first-order valence-corrected chi connectivity index (χ1v) is 7.20. The van der Waals surface area contributed by atoms with Crippen molar-refractivity contribution in [2.45, 2.75) is 33.1 Å². The first kappa shape index (κ1) is 14.5. The second-order valence-corrected chi connectivity index (χ2v) is 4.97. The van der Waals surface area contributed by atoms with Crippen LogP contribution >= 0.6 is 0 Å². The first-order valence-electron chi connectivity index (χ1n) is 7.20. The third-order valence-corrected chi connectivity index (χ3v) is 3.27. The summed E-state index contributed by atoms with van der Waals surface area (Å²) in [5.41, 5.74) is 3.34. The normalized spacial score (nSPS) is 12.7. The second kappa shape index (κ2) is 6.03. The van der Waals surface area contributed by atoms with E-state index < -0.39 is 0 Å². The highest BCUT2D eigenvalue weighted by atomic mass is 15.2. The highest BCUT2D eigenvalue weighted by molar-refractivity contribution is 5.57. The summed E-state index contributed by atoms with van der Waals surface area (Å²) in [5.74, 6) is 1.78. The molecular weight excluding hydrogens is 250 g/mol. The number of aryl methyl sites for hydroxylation is 2. The Morgan fingerprint density at radius 3 is 2.50 bits per heavy atom. The third-order valence-electron chi connectivity index (χ3n) is 3.27. The monoisotopic (exact) mass is 273 g/mol. The van der Waals surface area contributed by atoms with Crippen molar-refractivity contribution in [3.8, 4) is 11.5 Å². The van der Waals surface area contributed by atoms with Crippen LogP contribution in [0.2, 0.25) is 0 Å². The Bertz CT molecular complexity index is 586. The van der Waals surface area contributed by atoms with Crippen LogP contribution in [-0.4, -0.2) is 33.6 Å². The molecular formula is C15H23N5. The average molecular weight is 273 g/mol. The van der Waals surface area contributed by atoms with Gasteiger partial charge in [0.15, 0.2) is 5.82 Å². The van der Waals surface area contributed by atoms with E-state index in [1.54, 1.807) is 6.33 Å². The Labute approximate surface area is 120 Å². The van der Waals surface area contributed by atoms with Crippen molar-refractivity contribution in [3.63, 3.8) is 0 Å². The molecule has 2 aromatic rings. The number of nitrogens with zero attached hydrogens (tertiary/aromatic N) is 5. The van der Waals surface area contributed by atoms with Crippen molar-refractivity contribution in [2.75, 3.05) is 19.0 Å². The molecule has 0 aromatic carbocycles. The molecule has 1 aliphatic rings. The molecule has 0 spiro atoms. The zero-order valence-corrected chi connectivity index (χ0v) is 13.0. The quantitative estimate of drug-likeness (QED) is 0.843. The van der Waals surface area contributed by atoms with Crippen LogP contribution in [0.25, 0.3) is 11.5 Å². The van der Waals surface area contributed by atoms with Gasteiger partial charge in [0.1, 0.15) is 11.5 Å². The van der Waals surface area contributed by atoms with Crippen molar-refractivity contribution in [1.82, 2.24) is 19.5 Å². The summed E-state index contributed by atoms with van der Waals surface area (Å²) in [4.78, 5) is 15.7. The zero-order chi connectivity index (χ0) is 14.7. The molecule has 0 fully saturated rings. The lowest BCUT2D eigenvalue weighted by Gasteiger charge is -2.16. The van der Waals surface area contributed by atoms with Gasteiger partial charge in [0.25, 0.3) is 0 Å². The van der Waals surface area contributed by atoms with Crippen LogP contribution < -0.4 is 4.90 Å². The van der Waals surface area contributed by atoms with Crippen molar-refractivity contribution >= 4 is 5.82 Å². The first-order chi connectivity index (χ1) is 9.65. The Morgan fingerprint density at radius 1 is 1.15 bits per heavy atom. The molecule has 2 aromatic heterocycles. The van der Waals surface area contributed by atoms with Crippen LogP contribution in [0.5, 0.6) is 0 Å². The summed E-state index contributed by atoms with van der Waals surface area (Å²) in [6.07, 6.45) is 7.05. The maximum absolute atomic E-state index is 4.67. The topological polar surface area (TPSA) is 46.8 Å². The number of hydrogen-bond acceptors (Lipinski definition) is 4. The molecule has 0 saturated carbocycles. The number of anilines is 1. The minimum atomic E-state index is 0.736. The van der Waals surface area contributed by atoms with Gasteiger partial charge >= 0.3 is 0 Å². The highest BCUT2D eigenvalue weighted by Gasteiger charge is 2.21.